The van der Waals surface area contributed by atoms with Crippen molar-refractivity contribution in [1.82, 2.24) is 10.3 Å². The minimum Gasteiger partial charge on any atom is -0.381 e. The Bertz CT molecular complexity index is 1050. The highest BCUT2D eigenvalue weighted by Gasteiger charge is 2.35. The molecule has 3 aliphatic rings. The number of fused-ring (bicyclic) bond motifs is 2. The minimum atomic E-state index is -4.22. The fourth-order valence-corrected chi connectivity index (χ4v) is 5.42. The molecule has 0 bridgehead atoms. The first-order valence-corrected chi connectivity index (χ1v) is 12.4. The number of nitrogens with one attached hydrogen (secondary N) is 2. The van der Waals surface area contributed by atoms with Crippen molar-refractivity contribution in [3.8, 4) is 0 Å². The SMILES string of the molecule is O=C([C@H]1CC[C@H](NCC(F)(F)F)CC1)N1Cc2cccnc2Nc2ccc([C@@H]3CCCOC3)cc21. The predicted octanol–water partition coefficient (Wildman–Crippen LogP) is 5.28. The molecule has 1 aromatic heterocycles. The maximum Gasteiger partial charge on any atom is 0.401 e. The number of aromatic nitrogens is 1. The number of carbonyl (C=O) groups is 1. The van der Waals surface area contributed by atoms with Crippen LogP contribution in [0.2, 0.25) is 0 Å². The van der Waals surface area contributed by atoms with Crippen LogP contribution >= 0.6 is 0 Å². The number of nitrogens with zero attached hydrogens (tertiary/aromatic N) is 2. The molecule has 0 unspecified atom stereocenters. The van der Waals surface area contributed by atoms with Crippen LogP contribution in [-0.4, -0.2) is 42.9 Å². The van der Waals surface area contributed by atoms with Gasteiger partial charge in [0.2, 0.25) is 5.91 Å². The lowest BCUT2D eigenvalue weighted by Gasteiger charge is -2.33. The zero-order valence-corrected chi connectivity index (χ0v) is 19.6. The van der Waals surface area contributed by atoms with Crippen molar-refractivity contribution in [3.05, 3.63) is 47.7 Å². The van der Waals surface area contributed by atoms with Crippen molar-refractivity contribution in [2.24, 2.45) is 5.92 Å². The average molecular weight is 489 g/mol. The van der Waals surface area contributed by atoms with Crippen molar-refractivity contribution >= 4 is 23.1 Å². The predicted molar refractivity (Wildman–Crippen MR) is 128 cm³/mol. The number of benzene rings is 1. The summed E-state index contributed by atoms with van der Waals surface area (Å²) in [5, 5.41) is 6.01. The molecule has 2 aromatic rings. The Kier molecular flexibility index (Phi) is 6.98. The minimum absolute atomic E-state index is 0.0241. The Labute approximate surface area is 203 Å². The maximum absolute atomic E-state index is 13.8. The molecule has 1 atom stereocenters. The van der Waals surface area contributed by atoms with E-state index < -0.39 is 12.7 Å². The second-order valence-electron chi connectivity index (χ2n) is 9.80. The largest absolute Gasteiger partial charge is 0.401 e. The first-order chi connectivity index (χ1) is 16.9. The topological polar surface area (TPSA) is 66.5 Å². The lowest BCUT2D eigenvalue weighted by atomic mass is 9.84. The number of hydrogen-bond acceptors (Lipinski definition) is 5. The van der Waals surface area contributed by atoms with E-state index in [1.165, 1.54) is 0 Å². The second-order valence-corrected chi connectivity index (χ2v) is 9.80. The van der Waals surface area contributed by atoms with E-state index in [1.807, 2.05) is 23.1 Å². The van der Waals surface area contributed by atoms with Gasteiger partial charge in [0.25, 0.3) is 0 Å². The standard InChI is InChI=1S/C26H31F3N4O2/c27-26(28,29)16-31-21-8-5-17(6-9-21)25(34)33-14-19-3-1-11-30-24(19)32-22-10-7-18(13-23(22)33)20-4-2-12-35-15-20/h1,3,7,10-11,13,17,20-21,31H,2,4-6,8-9,12,14-16H2,(H,30,32)/t17-,20-,21-/m1/s1. The van der Waals surface area contributed by atoms with Crippen LogP contribution in [0, 0.1) is 5.92 Å². The molecule has 1 aromatic carbocycles. The molecular weight excluding hydrogens is 457 g/mol. The fourth-order valence-electron chi connectivity index (χ4n) is 5.42. The lowest BCUT2D eigenvalue weighted by molar-refractivity contribution is -0.128. The van der Waals surface area contributed by atoms with Crippen LogP contribution in [-0.2, 0) is 16.1 Å². The van der Waals surface area contributed by atoms with E-state index in [0.717, 1.165) is 47.8 Å². The van der Waals surface area contributed by atoms with E-state index in [4.69, 9.17) is 4.74 Å². The van der Waals surface area contributed by atoms with Gasteiger partial charge in [-0.1, -0.05) is 12.1 Å². The van der Waals surface area contributed by atoms with Gasteiger partial charge in [0.1, 0.15) is 5.82 Å². The third-order valence-electron chi connectivity index (χ3n) is 7.35. The third kappa shape index (κ3) is 5.62. The summed E-state index contributed by atoms with van der Waals surface area (Å²) < 4.78 is 43.4. The molecule has 0 spiro atoms. The number of rotatable bonds is 4. The second kappa shape index (κ2) is 10.1. The molecule has 1 saturated carbocycles. The summed E-state index contributed by atoms with van der Waals surface area (Å²) in [4.78, 5) is 20.2. The molecule has 1 saturated heterocycles. The number of ether oxygens (including phenoxy) is 1. The molecule has 6 nitrogen and oxygen atoms in total. The van der Waals surface area contributed by atoms with Crippen molar-refractivity contribution in [2.45, 2.75) is 63.2 Å². The Morgan fingerprint density at radius 3 is 2.74 bits per heavy atom. The van der Waals surface area contributed by atoms with Crippen LogP contribution in [0.1, 0.15) is 55.6 Å². The number of alkyl halides is 3. The maximum atomic E-state index is 13.8. The van der Waals surface area contributed by atoms with E-state index in [1.54, 1.807) is 6.20 Å². The van der Waals surface area contributed by atoms with Crippen LogP contribution in [0.15, 0.2) is 36.5 Å². The molecule has 3 heterocycles. The smallest absolute Gasteiger partial charge is 0.381 e. The van der Waals surface area contributed by atoms with Gasteiger partial charge >= 0.3 is 6.18 Å². The summed E-state index contributed by atoms with van der Waals surface area (Å²) in [5.74, 6) is 0.838. The van der Waals surface area contributed by atoms with Crippen molar-refractivity contribution in [3.63, 3.8) is 0 Å². The van der Waals surface area contributed by atoms with Crippen molar-refractivity contribution in [1.29, 1.82) is 0 Å². The van der Waals surface area contributed by atoms with Gasteiger partial charge in [0, 0.05) is 36.2 Å². The molecule has 1 aliphatic carbocycles. The molecule has 2 N–H and O–H groups in total. The van der Waals surface area contributed by atoms with Gasteiger partial charge in [0.05, 0.1) is 31.1 Å². The highest BCUT2D eigenvalue weighted by Crippen LogP contribution is 2.40. The van der Waals surface area contributed by atoms with Gasteiger partial charge in [0.15, 0.2) is 0 Å². The number of hydrogen-bond donors (Lipinski definition) is 2. The molecule has 9 heteroatoms. The van der Waals surface area contributed by atoms with Crippen LogP contribution in [0.25, 0.3) is 0 Å². The quantitative estimate of drug-likeness (QED) is 0.613. The first-order valence-electron chi connectivity index (χ1n) is 12.4. The van der Waals surface area contributed by atoms with Gasteiger partial charge in [-0.2, -0.15) is 13.2 Å². The van der Waals surface area contributed by atoms with Gasteiger partial charge in [-0.25, -0.2) is 4.98 Å². The van der Waals surface area contributed by atoms with E-state index in [2.05, 4.69) is 27.8 Å². The summed E-state index contributed by atoms with van der Waals surface area (Å²) in [6.07, 6.45) is 1.84. The van der Waals surface area contributed by atoms with Gasteiger partial charge in [-0.05, 0) is 62.3 Å². The van der Waals surface area contributed by atoms with Gasteiger partial charge < -0.3 is 20.3 Å². The number of halogens is 3. The third-order valence-corrected chi connectivity index (χ3v) is 7.35. The number of carbonyl (C=O) groups excluding carboxylic acids is 1. The van der Waals surface area contributed by atoms with Crippen LogP contribution in [0.3, 0.4) is 0 Å². The number of pyridine rings is 1. The zero-order chi connectivity index (χ0) is 24.4. The van der Waals surface area contributed by atoms with Crippen LogP contribution < -0.4 is 15.5 Å². The lowest BCUT2D eigenvalue weighted by Crippen LogP contribution is -2.42. The Balaban J connectivity index is 1.38. The van der Waals surface area contributed by atoms with E-state index >= 15 is 0 Å². The molecule has 1 amide bonds. The van der Waals surface area contributed by atoms with Crippen molar-refractivity contribution in [2.75, 3.05) is 30.0 Å². The molecule has 35 heavy (non-hydrogen) atoms. The summed E-state index contributed by atoms with van der Waals surface area (Å²) in [6, 6.07) is 9.83. The van der Waals surface area contributed by atoms with Crippen LogP contribution in [0.5, 0.6) is 0 Å². The molecule has 2 aliphatic heterocycles. The molecule has 0 radical (unpaired) electrons. The zero-order valence-electron chi connectivity index (χ0n) is 19.6. The summed E-state index contributed by atoms with van der Waals surface area (Å²) in [7, 11) is 0. The Morgan fingerprint density at radius 1 is 1.17 bits per heavy atom. The monoisotopic (exact) mass is 488 g/mol. The molecule has 2 fully saturated rings. The van der Waals surface area contributed by atoms with E-state index in [-0.39, 0.29) is 17.9 Å². The van der Waals surface area contributed by atoms with Crippen molar-refractivity contribution < 1.29 is 22.7 Å². The number of anilines is 3. The Morgan fingerprint density at radius 2 is 2.00 bits per heavy atom. The van der Waals surface area contributed by atoms with Crippen LogP contribution in [0.4, 0.5) is 30.4 Å². The molecule has 5 rings (SSSR count). The fraction of sp³-hybridized carbons (Fsp3) is 0.538. The summed E-state index contributed by atoms with van der Waals surface area (Å²) in [6.45, 7) is 0.879. The molecular formula is C26H31F3N4O2. The van der Waals surface area contributed by atoms with Gasteiger partial charge in [-0.15, -0.1) is 0 Å². The highest BCUT2D eigenvalue weighted by molar-refractivity contribution is 5.99. The first kappa shape index (κ1) is 24.1. The van der Waals surface area contributed by atoms with E-state index in [9.17, 15) is 18.0 Å². The number of amides is 1. The van der Waals surface area contributed by atoms with Gasteiger partial charge in [-0.3, -0.25) is 4.79 Å². The summed E-state index contributed by atoms with van der Waals surface area (Å²) >= 11 is 0. The highest BCUT2D eigenvalue weighted by atomic mass is 19.4. The normalized spacial score (nSPS) is 24.7. The van der Waals surface area contributed by atoms with E-state index in [0.29, 0.717) is 44.8 Å². The average Bonchev–Trinajstić information content (AvgIpc) is 3.04. The Hall–Kier alpha value is -2.65. The summed E-state index contributed by atoms with van der Waals surface area (Å²) in [5.41, 5.74) is 3.74. The molecule has 188 valence electrons.